The van der Waals surface area contributed by atoms with Gasteiger partial charge in [0, 0.05) is 5.57 Å². The van der Waals surface area contributed by atoms with Gasteiger partial charge < -0.3 is 4.74 Å². The minimum atomic E-state index is -0.303. The van der Waals surface area contributed by atoms with Crippen molar-refractivity contribution in [3.8, 4) is 0 Å². The molecule has 0 aromatic heterocycles. The van der Waals surface area contributed by atoms with E-state index in [0.717, 1.165) is 11.1 Å². The average Bonchev–Trinajstić information content (AvgIpc) is 3.39. The van der Waals surface area contributed by atoms with Crippen LogP contribution in [0, 0.1) is 5.92 Å². The summed E-state index contributed by atoms with van der Waals surface area (Å²) in [6, 6.07) is 17.6. The van der Waals surface area contributed by atoms with Crippen LogP contribution >= 0.6 is 0 Å². The quantitative estimate of drug-likeness (QED) is 0.564. The lowest BCUT2D eigenvalue weighted by molar-refractivity contribution is 0.0637. The molecule has 1 fully saturated rings. The highest BCUT2D eigenvalue weighted by molar-refractivity contribution is 5.93. The molecular formula is C22H20O2. The number of esters is 1. The fourth-order valence-corrected chi connectivity index (χ4v) is 3.48. The molecule has 120 valence electrons. The maximum absolute atomic E-state index is 12.5. The van der Waals surface area contributed by atoms with Crippen LogP contribution in [0.3, 0.4) is 0 Å². The number of benzene rings is 2. The minimum absolute atomic E-state index is 0.303. The van der Waals surface area contributed by atoms with Crippen molar-refractivity contribution in [3.05, 3.63) is 88.7 Å². The third-order valence-corrected chi connectivity index (χ3v) is 4.77. The first-order valence-electron chi connectivity index (χ1n) is 8.41. The number of allylic oxidation sites excluding steroid dienone is 3. The lowest BCUT2D eigenvalue weighted by Gasteiger charge is -2.20. The molecule has 2 unspecified atom stereocenters. The van der Waals surface area contributed by atoms with Gasteiger partial charge in [0.1, 0.15) is 5.76 Å². The predicted molar refractivity (Wildman–Crippen MR) is 95.5 cm³/mol. The van der Waals surface area contributed by atoms with E-state index in [4.69, 9.17) is 4.74 Å². The van der Waals surface area contributed by atoms with Crippen LogP contribution in [-0.2, 0) is 4.74 Å². The first kappa shape index (κ1) is 14.9. The van der Waals surface area contributed by atoms with Gasteiger partial charge in [0.15, 0.2) is 0 Å². The lowest BCUT2D eigenvalue weighted by atomic mass is 9.89. The molecule has 24 heavy (non-hydrogen) atoms. The topological polar surface area (TPSA) is 26.3 Å². The van der Waals surface area contributed by atoms with Gasteiger partial charge in [0.05, 0.1) is 5.56 Å². The zero-order valence-corrected chi connectivity index (χ0v) is 14.0. The van der Waals surface area contributed by atoms with Crippen molar-refractivity contribution < 1.29 is 9.53 Å². The Labute approximate surface area is 142 Å². The summed E-state index contributed by atoms with van der Waals surface area (Å²) in [6.45, 7) is 3.99. The summed E-state index contributed by atoms with van der Waals surface area (Å²) in [4.78, 5) is 12.5. The largest absolute Gasteiger partial charge is 0.422 e. The number of rotatable bonds is 3. The number of carbonyl (C=O) groups excluding carboxylic acids is 1. The molecule has 0 saturated heterocycles. The Bertz CT molecular complexity index is 855. The average molecular weight is 316 g/mol. The van der Waals surface area contributed by atoms with Gasteiger partial charge in [-0.15, -0.1) is 0 Å². The van der Waals surface area contributed by atoms with E-state index >= 15 is 0 Å². The highest BCUT2D eigenvalue weighted by atomic mass is 16.5. The van der Waals surface area contributed by atoms with E-state index in [9.17, 15) is 4.79 Å². The fraction of sp³-hybridized carbons (Fsp3) is 0.227. The molecule has 2 aliphatic carbocycles. The van der Waals surface area contributed by atoms with Crippen molar-refractivity contribution in [1.82, 2.24) is 0 Å². The SMILES string of the molecule is CC(C)=C(OC(=O)c1ccccc1)C1=CC2CC2c2ccccc21. The minimum Gasteiger partial charge on any atom is -0.422 e. The molecule has 0 radical (unpaired) electrons. The second kappa shape index (κ2) is 5.79. The molecule has 1 saturated carbocycles. The molecule has 4 rings (SSSR count). The molecule has 0 heterocycles. The second-order valence-corrected chi connectivity index (χ2v) is 6.76. The first-order valence-corrected chi connectivity index (χ1v) is 8.41. The maximum atomic E-state index is 12.5. The Morgan fingerprint density at radius 1 is 1.00 bits per heavy atom. The van der Waals surface area contributed by atoms with Gasteiger partial charge in [-0.25, -0.2) is 4.79 Å². The monoisotopic (exact) mass is 316 g/mol. The summed E-state index contributed by atoms with van der Waals surface area (Å²) in [7, 11) is 0. The van der Waals surface area contributed by atoms with Gasteiger partial charge in [-0.05, 0) is 60.9 Å². The van der Waals surface area contributed by atoms with Crippen LogP contribution in [0.5, 0.6) is 0 Å². The highest BCUT2D eigenvalue weighted by Crippen LogP contribution is 2.55. The Hall–Kier alpha value is -2.61. The number of carbonyl (C=O) groups is 1. The van der Waals surface area contributed by atoms with Gasteiger partial charge in [-0.2, -0.15) is 0 Å². The zero-order chi connectivity index (χ0) is 16.7. The van der Waals surface area contributed by atoms with Gasteiger partial charge in [-0.3, -0.25) is 0 Å². The van der Waals surface area contributed by atoms with Crippen molar-refractivity contribution in [2.45, 2.75) is 26.2 Å². The summed E-state index contributed by atoms with van der Waals surface area (Å²) >= 11 is 0. The fourth-order valence-electron chi connectivity index (χ4n) is 3.48. The first-order chi connectivity index (χ1) is 11.6. The molecule has 2 aromatic carbocycles. The lowest BCUT2D eigenvalue weighted by Crippen LogP contribution is -2.10. The number of ether oxygens (including phenoxy) is 1. The van der Waals surface area contributed by atoms with Crippen LogP contribution in [0.25, 0.3) is 5.57 Å². The molecule has 2 aromatic rings. The van der Waals surface area contributed by atoms with E-state index in [0.29, 0.717) is 23.2 Å². The summed E-state index contributed by atoms with van der Waals surface area (Å²) in [5.74, 6) is 1.62. The van der Waals surface area contributed by atoms with E-state index in [-0.39, 0.29) is 5.97 Å². The van der Waals surface area contributed by atoms with E-state index in [2.05, 4.69) is 30.3 Å². The van der Waals surface area contributed by atoms with Crippen LogP contribution in [0.4, 0.5) is 0 Å². The molecule has 0 amide bonds. The van der Waals surface area contributed by atoms with Gasteiger partial charge in [0.2, 0.25) is 0 Å². The molecule has 2 aliphatic rings. The van der Waals surface area contributed by atoms with Crippen LogP contribution < -0.4 is 0 Å². The standard InChI is InChI=1S/C22H20O2/c1-14(2)21(24-22(23)15-8-4-3-5-9-15)20-13-16-12-19(16)17-10-6-7-11-18(17)20/h3-11,13,16,19H,12H2,1-2H3. The van der Waals surface area contributed by atoms with E-state index in [1.54, 1.807) is 12.1 Å². The Morgan fingerprint density at radius 3 is 2.46 bits per heavy atom. The summed E-state index contributed by atoms with van der Waals surface area (Å²) in [6.07, 6.45) is 3.48. The third-order valence-electron chi connectivity index (χ3n) is 4.77. The van der Waals surface area contributed by atoms with Crippen LogP contribution in [0.2, 0.25) is 0 Å². The van der Waals surface area contributed by atoms with Crippen molar-refractivity contribution in [2.75, 3.05) is 0 Å². The van der Waals surface area contributed by atoms with Gasteiger partial charge in [-0.1, -0.05) is 48.5 Å². The molecule has 0 N–H and O–H groups in total. The van der Waals surface area contributed by atoms with E-state index in [1.807, 2.05) is 32.0 Å². The molecule has 2 atom stereocenters. The zero-order valence-electron chi connectivity index (χ0n) is 14.0. The van der Waals surface area contributed by atoms with Crippen LogP contribution in [0.15, 0.2) is 72.0 Å². The molecule has 2 heteroatoms. The molecule has 2 nitrogen and oxygen atoms in total. The molecule has 0 aliphatic heterocycles. The molecule has 0 bridgehead atoms. The normalized spacial score (nSPS) is 20.3. The van der Waals surface area contributed by atoms with Gasteiger partial charge in [0.25, 0.3) is 0 Å². The number of hydrogen-bond acceptors (Lipinski definition) is 2. The van der Waals surface area contributed by atoms with E-state index < -0.39 is 0 Å². The Morgan fingerprint density at radius 2 is 1.71 bits per heavy atom. The Balaban J connectivity index is 1.70. The second-order valence-electron chi connectivity index (χ2n) is 6.76. The summed E-state index contributed by atoms with van der Waals surface area (Å²) < 4.78 is 5.83. The Kier molecular flexibility index (Phi) is 3.61. The van der Waals surface area contributed by atoms with Crippen molar-refractivity contribution >= 4 is 11.5 Å². The van der Waals surface area contributed by atoms with Crippen molar-refractivity contribution in [3.63, 3.8) is 0 Å². The number of fused-ring (bicyclic) bond motifs is 3. The third kappa shape index (κ3) is 2.58. The number of hydrogen-bond donors (Lipinski definition) is 0. The molecular weight excluding hydrogens is 296 g/mol. The predicted octanol–water partition coefficient (Wildman–Crippen LogP) is 5.34. The van der Waals surface area contributed by atoms with Gasteiger partial charge >= 0.3 is 5.97 Å². The van der Waals surface area contributed by atoms with Crippen LogP contribution in [0.1, 0.15) is 47.7 Å². The highest BCUT2D eigenvalue weighted by Gasteiger charge is 2.42. The maximum Gasteiger partial charge on any atom is 0.343 e. The summed E-state index contributed by atoms with van der Waals surface area (Å²) in [5.41, 5.74) is 5.24. The smallest absolute Gasteiger partial charge is 0.343 e. The van der Waals surface area contributed by atoms with Crippen molar-refractivity contribution in [2.24, 2.45) is 5.92 Å². The molecule has 0 spiro atoms. The van der Waals surface area contributed by atoms with Crippen molar-refractivity contribution in [1.29, 1.82) is 0 Å². The summed E-state index contributed by atoms with van der Waals surface area (Å²) in [5, 5.41) is 0. The van der Waals surface area contributed by atoms with Crippen LogP contribution in [-0.4, -0.2) is 5.97 Å². The van der Waals surface area contributed by atoms with E-state index in [1.165, 1.54) is 17.5 Å².